The SMILES string of the molecule is C/C=C/Cn1c(=O)n(C/C=C/C)c(=O)n(CC2OC2C)c1=O. The van der Waals surface area contributed by atoms with Crippen LogP contribution in [0.1, 0.15) is 20.8 Å². The van der Waals surface area contributed by atoms with E-state index >= 15 is 0 Å². The van der Waals surface area contributed by atoms with E-state index in [4.69, 9.17) is 4.74 Å². The molecule has 1 saturated heterocycles. The Balaban J connectivity index is 2.57. The molecule has 0 radical (unpaired) electrons. The first-order valence-electron chi connectivity index (χ1n) is 7.33. The van der Waals surface area contributed by atoms with Gasteiger partial charge in [-0.1, -0.05) is 24.3 Å². The Morgan fingerprint density at radius 2 is 1.32 bits per heavy atom. The van der Waals surface area contributed by atoms with Crippen LogP contribution in [0.2, 0.25) is 0 Å². The Labute approximate surface area is 127 Å². The topological polar surface area (TPSA) is 78.5 Å². The third-order valence-corrected chi connectivity index (χ3v) is 3.63. The number of hydrogen-bond donors (Lipinski definition) is 0. The quantitative estimate of drug-likeness (QED) is 0.552. The van der Waals surface area contributed by atoms with Crippen LogP contribution in [0.5, 0.6) is 0 Å². The van der Waals surface area contributed by atoms with Crippen LogP contribution < -0.4 is 17.1 Å². The fraction of sp³-hybridized carbons (Fsp3) is 0.533. The summed E-state index contributed by atoms with van der Waals surface area (Å²) in [7, 11) is 0. The number of nitrogens with zero attached hydrogens (tertiary/aromatic N) is 3. The fourth-order valence-electron chi connectivity index (χ4n) is 2.17. The molecule has 0 bridgehead atoms. The van der Waals surface area contributed by atoms with Crippen molar-refractivity contribution in [1.82, 2.24) is 13.7 Å². The molecule has 7 nitrogen and oxygen atoms in total. The highest BCUT2D eigenvalue weighted by Crippen LogP contribution is 2.21. The summed E-state index contributed by atoms with van der Waals surface area (Å²) >= 11 is 0. The number of aromatic nitrogens is 3. The average Bonchev–Trinajstić information content (AvgIpc) is 3.19. The van der Waals surface area contributed by atoms with Crippen molar-refractivity contribution in [2.75, 3.05) is 0 Å². The molecular weight excluding hydrogens is 286 g/mol. The van der Waals surface area contributed by atoms with E-state index in [1.165, 1.54) is 0 Å². The first kappa shape index (κ1) is 16.2. The molecule has 1 aromatic heterocycles. The van der Waals surface area contributed by atoms with Crippen molar-refractivity contribution in [2.45, 2.75) is 52.6 Å². The highest BCUT2D eigenvalue weighted by molar-refractivity contribution is 4.90. The third-order valence-electron chi connectivity index (χ3n) is 3.63. The standard InChI is InChI=1S/C15H21N3O4/c1-4-6-8-16-13(19)17(9-7-5-2)15(21)18(14(16)20)10-12-11(3)22-12/h4-7,11-12H,8-10H2,1-3H3/b6-4+,7-5+. The lowest BCUT2D eigenvalue weighted by atomic mass is 10.3. The zero-order chi connectivity index (χ0) is 16.3. The molecule has 7 heteroatoms. The predicted octanol–water partition coefficient (Wildman–Crippen LogP) is 0.111. The molecule has 2 unspecified atom stereocenters. The summed E-state index contributed by atoms with van der Waals surface area (Å²) in [4.78, 5) is 37.2. The molecule has 0 amide bonds. The Bertz CT molecular complexity index is 714. The number of rotatable bonds is 6. The van der Waals surface area contributed by atoms with Crippen molar-refractivity contribution in [1.29, 1.82) is 0 Å². The van der Waals surface area contributed by atoms with Crippen LogP contribution in [0, 0.1) is 0 Å². The molecule has 2 heterocycles. The molecule has 1 aliphatic heterocycles. The summed E-state index contributed by atoms with van der Waals surface area (Å²) in [6.07, 6.45) is 6.80. The van der Waals surface area contributed by atoms with Gasteiger partial charge >= 0.3 is 17.1 Å². The maximum Gasteiger partial charge on any atom is 0.336 e. The van der Waals surface area contributed by atoms with Gasteiger partial charge in [-0.15, -0.1) is 0 Å². The molecule has 0 spiro atoms. The zero-order valence-electron chi connectivity index (χ0n) is 13.1. The summed E-state index contributed by atoms with van der Waals surface area (Å²) < 4.78 is 8.50. The molecule has 0 aliphatic carbocycles. The summed E-state index contributed by atoms with van der Waals surface area (Å²) in [5.41, 5.74) is -1.77. The van der Waals surface area contributed by atoms with E-state index in [1.54, 1.807) is 38.2 Å². The third kappa shape index (κ3) is 3.19. The molecule has 120 valence electrons. The highest BCUT2D eigenvalue weighted by Gasteiger charge is 2.35. The first-order valence-corrected chi connectivity index (χ1v) is 7.33. The molecule has 2 rings (SSSR count). The van der Waals surface area contributed by atoms with E-state index in [9.17, 15) is 14.4 Å². The molecule has 1 aromatic rings. The monoisotopic (exact) mass is 307 g/mol. The zero-order valence-corrected chi connectivity index (χ0v) is 13.1. The average molecular weight is 307 g/mol. The minimum absolute atomic E-state index is 0.0335. The Hall–Kier alpha value is -2.15. The second-order valence-electron chi connectivity index (χ2n) is 5.20. The van der Waals surface area contributed by atoms with E-state index in [2.05, 4.69) is 0 Å². The van der Waals surface area contributed by atoms with Gasteiger partial charge in [-0.25, -0.2) is 28.1 Å². The molecule has 0 saturated carbocycles. The summed E-state index contributed by atoms with van der Waals surface area (Å²) in [6.45, 7) is 5.95. The van der Waals surface area contributed by atoms with E-state index in [0.29, 0.717) is 0 Å². The van der Waals surface area contributed by atoms with Crippen molar-refractivity contribution < 1.29 is 4.74 Å². The van der Waals surface area contributed by atoms with Crippen LogP contribution in [-0.2, 0) is 24.4 Å². The van der Waals surface area contributed by atoms with Crippen molar-refractivity contribution in [3.05, 3.63) is 55.8 Å². The van der Waals surface area contributed by atoms with Crippen molar-refractivity contribution in [2.24, 2.45) is 0 Å². The molecule has 1 aliphatic rings. The van der Waals surface area contributed by atoms with Gasteiger partial charge in [-0.05, 0) is 20.8 Å². The minimum atomic E-state index is -0.591. The normalized spacial score (nSPS) is 21.0. The Morgan fingerprint density at radius 3 is 1.68 bits per heavy atom. The molecule has 0 aromatic carbocycles. The lowest BCUT2D eigenvalue weighted by Gasteiger charge is -2.11. The van der Waals surface area contributed by atoms with Gasteiger partial charge in [0.1, 0.15) is 6.10 Å². The van der Waals surface area contributed by atoms with Gasteiger partial charge < -0.3 is 4.74 Å². The summed E-state index contributed by atoms with van der Waals surface area (Å²) in [6, 6.07) is 0. The van der Waals surface area contributed by atoms with E-state index in [1.807, 2.05) is 6.92 Å². The van der Waals surface area contributed by atoms with E-state index in [-0.39, 0.29) is 31.8 Å². The van der Waals surface area contributed by atoms with Crippen LogP contribution in [0.25, 0.3) is 0 Å². The molecule has 22 heavy (non-hydrogen) atoms. The lowest BCUT2D eigenvalue weighted by molar-refractivity contribution is 0.347. The number of allylic oxidation sites excluding steroid dienone is 4. The fourth-order valence-corrected chi connectivity index (χ4v) is 2.17. The van der Waals surface area contributed by atoms with Gasteiger partial charge in [0.15, 0.2) is 0 Å². The molecule has 2 atom stereocenters. The number of hydrogen-bond acceptors (Lipinski definition) is 4. The first-order chi connectivity index (χ1) is 10.5. The largest absolute Gasteiger partial charge is 0.368 e. The van der Waals surface area contributed by atoms with Gasteiger partial charge in [-0.3, -0.25) is 0 Å². The Kier molecular flexibility index (Phi) is 4.97. The molecule has 1 fully saturated rings. The van der Waals surface area contributed by atoms with Gasteiger partial charge in [0, 0.05) is 0 Å². The van der Waals surface area contributed by atoms with Crippen LogP contribution in [-0.4, -0.2) is 25.9 Å². The van der Waals surface area contributed by atoms with Gasteiger partial charge in [0.05, 0.1) is 25.7 Å². The minimum Gasteiger partial charge on any atom is -0.368 e. The second-order valence-corrected chi connectivity index (χ2v) is 5.20. The molecular formula is C15H21N3O4. The van der Waals surface area contributed by atoms with Crippen LogP contribution in [0.15, 0.2) is 38.7 Å². The highest BCUT2D eigenvalue weighted by atomic mass is 16.6. The summed E-state index contributed by atoms with van der Waals surface area (Å²) in [5.74, 6) is 0. The predicted molar refractivity (Wildman–Crippen MR) is 83.2 cm³/mol. The smallest absolute Gasteiger partial charge is 0.336 e. The van der Waals surface area contributed by atoms with Gasteiger partial charge in [0.2, 0.25) is 0 Å². The number of epoxide rings is 1. The molecule has 0 N–H and O–H groups in total. The maximum atomic E-state index is 12.4. The van der Waals surface area contributed by atoms with Crippen molar-refractivity contribution >= 4 is 0 Å². The van der Waals surface area contributed by atoms with Crippen LogP contribution in [0.4, 0.5) is 0 Å². The van der Waals surface area contributed by atoms with E-state index < -0.39 is 17.1 Å². The van der Waals surface area contributed by atoms with Gasteiger partial charge in [-0.2, -0.15) is 0 Å². The second kappa shape index (κ2) is 6.74. The van der Waals surface area contributed by atoms with Crippen LogP contribution >= 0.6 is 0 Å². The van der Waals surface area contributed by atoms with Crippen molar-refractivity contribution in [3.8, 4) is 0 Å². The summed E-state index contributed by atoms with van der Waals surface area (Å²) in [5, 5.41) is 0. The Morgan fingerprint density at radius 1 is 0.909 bits per heavy atom. The van der Waals surface area contributed by atoms with Crippen molar-refractivity contribution in [3.63, 3.8) is 0 Å². The van der Waals surface area contributed by atoms with E-state index in [0.717, 1.165) is 13.7 Å². The lowest BCUT2D eigenvalue weighted by Crippen LogP contribution is -2.54. The van der Waals surface area contributed by atoms with Crippen LogP contribution in [0.3, 0.4) is 0 Å². The maximum absolute atomic E-state index is 12.4. The van der Waals surface area contributed by atoms with Gasteiger partial charge in [0.25, 0.3) is 0 Å². The number of ether oxygens (including phenoxy) is 1.